The van der Waals surface area contributed by atoms with Gasteiger partial charge in [-0.05, 0) is 51.0 Å². The van der Waals surface area contributed by atoms with Crippen LogP contribution in [0.3, 0.4) is 0 Å². The number of anilines is 1. The van der Waals surface area contributed by atoms with Gasteiger partial charge in [-0.1, -0.05) is 29.3 Å². The number of amides is 2. The molecule has 0 bridgehead atoms. The van der Waals surface area contributed by atoms with Crippen LogP contribution < -0.4 is 20.1 Å². The molecule has 0 fully saturated rings. The number of benzene rings is 2. The summed E-state index contributed by atoms with van der Waals surface area (Å²) in [4.78, 5) is 36.5. The van der Waals surface area contributed by atoms with E-state index in [0.717, 1.165) is 16.7 Å². The van der Waals surface area contributed by atoms with Crippen LogP contribution in [0.25, 0.3) is 0 Å². The van der Waals surface area contributed by atoms with E-state index in [2.05, 4.69) is 10.6 Å². The third-order valence-electron chi connectivity index (χ3n) is 4.48. The van der Waals surface area contributed by atoms with Crippen molar-refractivity contribution in [1.29, 1.82) is 0 Å². The molecule has 0 aliphatic carbocycles. The van der Waals surface area contributed by atoms with Gasteiger partial charge in [0.15, 0.2) is 18.1 Å². The van der Waals surface area contributed by atoms with Crippen LogP contribution in [0.4, 0.5) is 5.69 Å². The van der Waals surface area contributed by atoms with Gasteiger partial charge < -0.3 is 24.8 Å². The average molecular weight is 463 g/mol. The SMILES string of the molecule is CCOc1c(Cl)cc(C(=O)OCC(=O)NCC(=O)Nc2c(C)cc(C)cc2C)cc1OC. The third-order valence-corrected chi connectivity index (χ3v) is 4.76. The Balaban J connectivity index is 1.88. The van der Waals surface area contributed by atoms with Crippen LogP contribution in [0.5, 0.6) is 11.5 Å². The first kappa shape index (κ1) is 25.0. The molecule has 0 aliphatic heterocycles. The summed E-state index contributed by atoms with van der Waals surface area (Å²) in [6.07, 6.45) is 0. The first-order valence-corrected chi connectivity index (χ1v) is 10.4. The lowest BCUT2D eigenvalue weighted by molar-refractivity contribution is -0.126. The van der Waals surface area contributed by atoms with Crippen molar-refractivity contribution < 1.29 is 28.6 Å². The Morgan fingerprint density at radius 2 is 1.66 bits per heavy atom. The number of hydrogen-bond donors (Lipinski definition) is 2. The number of hydrogen-bond acceptors (Lipinski definition) is 6. The monoisotopic (exact) mass is 462 g/mol. The zero-order chi connectivity index (χ0) is 23.8. The number of aryl methyl sites for hydroxylation is 3. The number of ether oxygens (including phenoxy) is 3. The number of carbonyl (C=O) groups excluding carboxylic acids is 3. The van der Waals surface area contributed by atoms with Gasteiger partial charge in [0.1, 0.15) is 0 Å². The number of rotatable bonds is 9. The van der Waals surface area contributed by atoms with E-state index < -0.39 is 18.5 Å². The molecule has 0 atom stereocenters. The molecule has 172 valence electrons. The molecule has 9 heteroatoms. The zero-order valence-electron chi connectivity index (χ0n) is 18.8. The minimum Gasteiger partial charge on any atom is -0.493 e. The van der Waals surface area contributed by atoms with Crippen molar-refractivity contribution in [1.82, 2.24) is 5.32 Å². The highest BCUT2D eigenvalue weighted by molar-refractivity contribution is 6.32. The van der Waals surface area contributed by atoms with Gasteiger partial charge in [-0.25, -0.2) is 4.79 Å². The van der Waals surface area contributed by atoms with E-state index in [4.69, 9.17) is 25.8 Å². The summed E-state index contributed by atoms with van der Waals surface area (Å²) in [7, 11) is 1.42. The summed E-state index contributed by atoms with van der Waals surface area (Å²) in [6.45, 7) is 7.13. The summed E-state index contributed by atoms with van der Waals surface area (Å²) in [6, 6.07) is 6.71. The van der Waals surface area contributed by atoms with Gasteiger partial charge in [0.2, 0.25) is 5.91 Å². The van der Waals surface area contributed by atoms with Crippen LogP contribution >= 0.6 is 11.6 Å². The molecule has 0 saturated carbocycles. The van der Waals surface area contributed by atoms with Crippen molar-refractivity contribution in [2.45, 2.75) is 27.7 Å². The first-order valence-electron chi connectivity index (χ1n) is 9.98. The molecule has 0 aliphatic rings. The van der Waals surface area contributed by atoms with Crippen LogP contribution in [0.1, 0.15) is 34.0 Å². The van der Waals surface area contributed by atoms with E-state index in [1.165, 1.54) is 19.2 Å². The molecule has 2 aromatic rings. The second kappa shape index (κ2) is 11.4. The molecule has 0 spiro atoms. The number of carbonyl (C=O) groups is 3. The predicted molar refractivity (Wildman–Crippen MR) is 122 cm³/mol. The second-order valence-electron chi connectivity index (χ2n) is 7.10. The molecule has 0 radical (unpaired) electrons. The summed E-state index contributed by atoms with van der Waals surface area (Å²) in [5.41, 5.74) is 3.77. The molecule has 0 heterocycles. The maximum absolute atomic E-state index is 12.3. The fraction of sp³-hybridized carbons (Fsp3) is 0.348. The van der Waals surface area contributed by atoms with Gasteiger partial charge in [-0.3, -0.25) is 9.59 Å². The normalized spacial score (nSPS) is 10.3. The topological polar surface area (TPSA) is 103 Å². The van der Waals surface area contributed by atoms with Crippen molar-refractivity contribution >= 4 is 35.1 Å². The minimum atomic E-state index is -0.765. The highest BCUT2D eigenvalue weighted by atomic mass is 35.5. The van der Waals surface area contributed by atoms with Crippen molar-refractivity contribution in [3.8, 4) is 11.5 Å². The number of methoxy groups -OCH3 is 1. The van der Waals surface area contributed by atoms with Crippen LogP contribution in [-0.2, 0) is 14.3 Å². The molecular weight excluding hydrogens is 436 g/mol. The predicted octanol–water partition coefficient (Wildman–Crippen LogP) is 3.58. The summed E-state index contributed by atoms with van der Waals surface area (Å²) < 4.78 is 15.6. The lowest BCUT2D eigenvalue weighted by atomic mass is 10.1. The Bertz CT molecular complexity index is 999. The fourth-order valence-corrected chi connectivity index (χ4v) is 3.39. The van der Waals surface area contributed by atoms with Crippen molar-refractivity contribution in [3.05, 3.63) is 51.5 Å². The maximum Gasteiger partial charge on any atom is 0.338 e. The lowest BCUT2D eigenvalue weighted by Gasteiger charge is -2.14. The summed E-state index contributed by atoms with van der Waals surface area (Å²) in [5.74, 6) is -1.18. The van der Waals surface area contributed by atoms with E-state index in [9.17, 15) is 14.4 Å². The largest absolute Gasteiger partial charge is 0.493 e. The number of halogens is 1. The summed E-state index contributed by atoms with van der Waals surface area (Å²) in [5, 5.41) is 5.39. The average Bonchev–Trinajstić information content (AvgIpc) is 2.74. The molecule has 2 N–H and O–H groups in total. The molecule has 32 heavy (non-hydrogen) atoms. The zero-order valence-corrected chi connectivity index (χ0v) is 19.5. The van der Waals surface area contributed by atoms with Gasteiger partial charge in [0, 0.05) is 5.69 Å². The Morgan fingerprint density at radius 1 is 1.00 bits per heavy atom. The maximum atomic E-state index is 12.3. The Hall–Kier alpha value is -3.26. The second-order valence-corrected chi connectivity index (χ2v) is 7.50. The van der Waals surface area contributed by atoms with E-state index in [1.807, 2.05) is 32.9 Å². The molecule has 8 nitrogen and oxygen atoms in total. The van der Waals surface area contributed by atoms with Crippen molar-refractivity contribution in [2.75, 3.05) is 32.2 Å². The van der Waals surface area contributed by atoms with Crippen molar-refractivity contribution in [3.63, 3.8) is 0 Å². The van der Waals surface area contributed by atoms with Crippen molar-refractivity contribution in [2.24, 2.45) is 0 Å². The molecular formula is C23H27ClN2O6. The standard InChI is InChI=1S/C23H27ClN2O6/c1-6-31-22-17(24)9-16(10-18(22)30-5)23(29)32-12-20(28)25-11-19(27)26-21-14(3)7-13(2)8-15(21)4/h7-10H,6,11-12H2,1-5H3,(H,25,28)(H,26,27). The Morgan fingerprint density at radius 3 is 2.25 bits per heavy atom. The fourth-order valence-electron chi connectivity index (χ4n) is 3.13. The molecule has 0 aromatic heterocycles. The Kier molecular flexibility index (Phi) is 8.90. The summed E-state index contributed by atoms with van der Waals surface area (Å²) >= 11 is 6.14. The highest BCUT2D eigenvalue weighted by Gasteiger charge is 2.18. The minimum absolute atomic E-state index is 0.103. The van der Waals surface area contributed by atoms with Gasteiger partial charge in [0.05, 0.1) is 30.8 Å². The molecule has 2 aromatic carbocycles. The lowest BCUT2D eigenvalue weighted by Crippen LogP contribution is -2.35. The van der Waals surface area contributed by atoms with Crippen LogP contribution in [-0.4, -0.2) is 44.7 Å². The Labute approximate surface area is 192 Å². The van der Waals surface area contributed by atoms with Crippen LogP contribution in [0.2, 0.25) is 5.02 Å². The van der Waals surface area contributed by atoms with Gasteiger partial charge >= 0.3 is 5.97 Å². The van der Waals surface area contributed by atoms with Crippen LogP contribution in [0, 0.1) is 20.8 Å². The highest BCUT2D eigenvalue weighted by Crippen LogP contribution is 2.36. The smallest absolute Gasteiger partial charge is 0.338 e. The van der Waals surface area contributed by atoms with Crippen LogP contribution in [0.15, 0.2) is 24.3 Å². The van der Waals surface area contributed by atoms with Gasteiger partial charge in [-0.2, -0.15) is 0 Å². The molecule has 2 amide bonds. The molecule has 2 rings (SSSR count). The quantitative estimate of drug-likeness (QED) is 0.552. The number of nitrogens with one attached hydrogen (secondary N) is 2. The molecule has 0 saturated heterocycles. The number of esters is 1. The van der Waals surface area contributed by atoms with E-state index in [1.54, 1.807) is 6.92 Å². The van der Waals surface area contributed by atoms with E-state index in [0.29, 0.717) is 18.0 Å². The first-order chi connectivity index (χ1) is 15.2. The third kappa shape index (κ3) is 6.62. The van der Waals surface area contributed by atoms with E-state index >= 15 is 0 Å². The van der Waals surface area contributed by atoms with E-state index in [-0.39, 0.29) is 28.8 Å². The van der Waals surface area contributed by atoms with Gasteiger partial charge in [-0.15, -0.1) is 0 Å². The molecule has 0 unspecified atom stereocenters. The van der Waals surface area contributed by atoms with Gasteiger partial charge in [0.25, 0.3) is 5.91 Å².